The predicted octanol–water partition coefficient (Wildman–Crippen LogP) is 1.59. The maximum Gasteiger partial charge on any atom is 0.321 e. The fourth-order valence-corrected chi connectivity index (χ4v) is 2.07. The zero-order valence-electron chi connectivity index (χ0n) is 12.4. The molecule has 7 nitrogen and oxygen atoms in total. The van der Waals surface area contributed by atoms with Crippen molar-refractivity contribution in [1.29, 1.82) is 0 Å². The Labute approximate surface area is 128 Å². The first-order chi connectivity index (χ1) is 10.6. The van der Waals surface area contributed by atoms with Crippen molar-refractivity contribution >= 4 is 17.6 Å². The van der Waals surface area contributed by atoms with E-state index in [4.69, 9.17) is 14.6 Å². The molecule has 120 valence electrons. The molecule has 0 bridgehead atoms. The molecule has 1 aliphatic rings. The summed E-state index contributed by atoms with van der Waals surface area (Å²) in [5, 5.41) is 14.7. The molecule has 1 aliphatic heterocycles. The summed E-state index contributed by atoms with van der Waals surface area (Å²) in [5.41, 5.74) is 0.548. The summed E-state index contributed by atoms with van der Waals surface area (Å²) < 4.78 is 10.4. The highest BCUT2D eigenvalue weighted by atomic mass is 16.7. The first kappa shape index (κ1) is 16.1. The highest BCUT2D eigenvalue weighted by molar-refractivity contribution is 5.94. The lowest BCUT2D eigenvalue weighted by Gasteiger charge is -2.14. The summed E-state index contributed by atoms with van der Waals surface area (Å²) in [5.74, 6) is -0.205. The molecule has 22 heavy (non-hydrogen) atoms. The third kappa shape index (κ3) is 4.36. The Morgan fingerprint density at radius 3 is 2.82 bits per heavy atom. The van der Waals surface area contributed by atoms with Gasteiger partial charge in [-0.3, -0.25) is 9.59 Å². The molecule has 0 spiro atoms. The van der Waals surface area contributed by atoms with Crippen molar-refractivity contribution in [3.05, 3.63) is 18.2 Å². The van der Waals surface area contributed by atoms with Crippen LogP contribution in [-0.4, -0.2) is 36.4 Å². The van der Waals surface area contributed by atoms with Crippen LogP contribution in [0.3, 0.4) is 0 Å². The van der Waals surface area contributed by atoms with Gasteiger partial charge in [0.25, 0.3) is 0 Å². The van der Waals surface area contributed by atoms with Gasteiger partial charge < -0.3 is 25.2 Å². The van der Waals surface area contributed by atoms with Crippen molar-refractivity contribution < 1.29 is 24.2 Å². The number of aliphatic carboxylic acids is 1. The number of unbranched alkanes of at least 4 members (excludes halogenated alkanes) is 1. The van der Waals surface area contributed by atoms with Gasteiger partial charge in [0.1, 0.15) is 6.04 Å². The minimum Gasteiger partial charge on any atom is -0.480 e. The number of carbonyl (C=O) groups excluding carboxylic acids is 1. The SMILES string of the molecule is CCCCN[C@@H](CC(=O)Nc1ccc2c(c1)OCO2)C(=O)O. The average molecular weight is 308 g/mol. The van der Waals surface area contributed by atoms with Crippen molar-refractivity contribution in [2.24, 2.45) is 0 Å². The van der Waals surface area contributed by atoms with Crippen LogP contribution in [0.25, 0.3) is 0 Å². The van der Waals surface area contributed by atoms with E-state index in [2.05, 4.69) is 10.6 Å². The molecule has 0 unspecified atom stereocenters. The molecule has 0 radical (unpaired) electrons. The topological polar surface area (TPSA) is 96.9 Å². The number of hydrogen-bond acceptors (Lipinski definition) is 5. The predicted molar refractivity (Wildman–Crippen MR) is 80.1 cm³/mol. The zero-order valence-corrected chi connectivity index (χ0v) is 12.4. The Hall–Kier alpha value is -2.28. The Morgan fingerprint density at radius 1 is 1.32 bits per heavy atom. The molecule has 1 aromatic rings. The van der Waals surface area contributed by atoms with E-state index in [1.807, 2.05) is 6.92 Å². The number of ether oxygens (including phenoxy) is 2. The molecule has 2 rings (SSSR count). The molecule has 0 aromatic heterocycles. The smallest absolute Gasteiger partial charge is 0.321 e. The fraction of sp³-hybridized carbons (Fsp3) is 0.467. The highest BCUT2D eigenvalue weighted by Crippen LogP contribution is 2.34. The van der Waals surface area contributed by atoms with Crippen molar-refractivity contribution in [2.45, 2.75) is 32.2 Å². The zero-order chi connectivity index (χ0) is 15.9. The minimum absolute atomic E-state index is 0.131. The number of nitrogens with one attached hydrogen (secondary N) is 2. The van der Waals surface area contributed by atoms with Crippen molar-refractivity contribution in [3.63, 3.8) is 0 Å². The van der Waals surface area contributed by atoms with Gasteiger partial charge in [-0.25, -0.2) is 0 Å². The Kier molecular flexibility index (Phi) is 5.60. The van der Waals surface area contributed by atoms with Crippen molar-refractivity contribution in [3.8, 4) is 11.5 Å². The maximum atomic E-state index is 12.0. The van der Waals surface area contributed by atoms with E-state index in [0.29, 0.717) is 23.7 Å². The summed E-state index contributed by atoms with van der Waals surface area (Å²) >= 11 is 0. The number of anilines is 1. The van der Waals surface area contributed by atoms with Gasteiger partial charge in [-0.2, -0.15) is 0 Å². The van der Waals surface area contributed by atoms with Crippen LogP contribution in [0, 0.1) is 0 Å². The molecular formula is C15H20N2O5. The van der Waals surface area contributed by atoms with Crippen LogP contribution in [0.4, 0.5) is 5.69 Å². The molecule has 0 saturated carbocycles. The van der Waals surface area contributed by atoms with E-state index in [-0.39, 0.29) is 19.1 Å². The van der Waals surface area contributed by atoms with E-state index in [0.717, 1.165) is 12.8 Å². The number of amides is 1. The number of carboxylic acid groups (broad SMARTS) is 1. The molecule has 1 heterocycles. The number of rotatable bonds is 8. The number of carboxylic acids is 1. The van der Waals surface area contributed by atoms with E-state index in [1.54, 1.807) is 18.2 Å². The maximum absolute atomic E-state index is 12.0. The summed E-state index contributed by atoms with van der Waals surface area (Å²) in [6, 6.07) is 4.15. The van der Waals surface area contributed by atoms with Gasteiger partial charge in [0, 0.05) is 11.8 Å². The molecule has 0 fully saturated rings. The summed E-state index contributed by atoms with van der Waals surface area (Å²) in [6.07, 6.45) is 1.70. The molecular weight excluding hydrogens is 288 g/mol. The van der Waals surface area contributed by atoms with Gasteiger partial charge >= 0.3 is 5.97 Å². The van der Waals surface area contributed by atoms with Crippen LogP contribution in [0.15, 0.2) is 18.2 Å². The fourth-order valence-electron chi connectivity index (χ4n) is 2.07. The van der Waals surface area contributed by atoms with Gasteiger partial charge in [-0.1, -0.05) is 13.3 Å². The van der Waals surface area contributed by atoms with Crippen LogP contribution in [0.2, 0.25) is 0 Å². The van der Waals surface area contributed by atoms with Gasteiger partial charge in [-0.05, 0) is 25.1 Å². The first-order valence-corrected chi connectivity index (χ1v) is 7.26. The lowest BCUT2D eigenvalue weighted by Crippen LogP contribution is -2.40. The molecule has 1 aromatic carbocycles. The second-order valence-corrected chi connectivity index (χ2v) is 5.02. The lowest BCUT2D eigenvalue weighted by atomic mass is 10.2. The summed E-state index contributed by atoms with van der Waals surface area (Å²) in [4.78, 5) is 23.1. The number of hydrogen-bond donors (Lipinski definition) is 3. The summed E-state index contributed by atoms with van der Waals surface area (Å²) in [7, 11) is 0. The van der Waals surface area contributed by atoms with Crippen LogP contribution in [0.1, 0.15) is 26.2 Å². The standard InChI is InChI=1S/C15H20N2O5/c1-2-3-6-16-11(15(19)20)8-14(18)17-10-4-5-12-13(7-10)22-9-21-12/h4-5,7,11,16H,2-3,6,8-9H2,1H3,(H,17,18)(H,19,20)/t11-/m0/s1. The Morgan fingerprint density at radius 2 is 2.09 bits per heavy atom. The van der Waals surface area contributed by atoms with Crippen molar-refractivity contribution in [1.82, 2.24) is 5.32 Å². The van der Waals surface area contributed by atoms with E-state index < -0.39 is 12.0 Å². The van der Waals surface area contributed by atoms with Crippen LogP contribution in [-0.2, 0) is 9.59 Å². The molecule has 1 amide bonds. The van der Waals surface area contributed by atoms with Crippen molar-refractivity contribution in [2.75, 3.05) is 18.7 Å². The number of fused-ring (bicyclic) bond motifs is 1. The second-order valence-electron chi connectivity index (χ2n) is 5.02. The summed E-state index contributed by atoms with van der Waals surface area (Å²) in [6.45, 7) is 2.75. The van der Waals surface area contributed by atoms with Gasteiger partial charge in [0.05, 0.1) is 6.42 Å². The first-order valence-electron chi connectivity index (χ1n) is 7.26. The van der Waals surface area contributed by atoms with E-state index in [1.165, 1.54) is 0 Å². The van der Waals surface area contributed by atoms with Gasteiger partial charge in [-0.15, -0.1) is 0 Å². The molecule has 0 saturated heterocycles. The molecule has 7 heteroatoms. The average Bonchev–Trinajstić information content (AvgIpc) is 2.93. The molecule has 0 aliphatic carbocycles. The molecule has 1 atom stereocenters. The minimum atomic E-state index is -1.03. The third-order valence-electron chi connectivity index (χ3n) is 3.27. The highest BCUT2D eigenvalue weighted by Gasteiger charge is 2.21. The Balaban J connectivity index is 1.89. The number of carbonyl (C=O) groups is 2. The van der Waals surface area contributed by atoms with Gasteiger partial charge in [0.15, 0.2) is 11.5 Å². The monoisotopic (exact) mass is 308 g/mol. The Bertz CT molecular complexity index is 547. The van der Waals surface area contributed by atoms with Crippen LogP contribution in [0.5, 0.6) is 11.5 Å². The quantitative estimate of drug-likeness (QED) is 0.631. The van der Waals surface area contributed by atoms with Crippen LogP contribution >= 0.6 is 0 Å². The second kappa shape index (κ2) is 7.65. The van der Waals surface area contributed by atoms with Crippen LogP contribution < -0.4 is 20.1 Å². The normalized spacial score (nSPS) is 13.7. The molecule has 3 N–H and O–H groups in total. The van der Waals surface area contributed by atoms with Gasteiger partial charge in [0.2, 0.25) is 12.7 Å². The largest absolute Gasteiger partial charge is 0.480 e. The van der Waals surface area contributed by atoms with E-state index in [9.17, 15) is 9.59 Å². The third-order valence-corrected chi connectivity index (χ3v) is 3.27. The lowest BCUT2D eigenvalue weighted by molar-refractivity contribution is -0.141. The number of benzene rings is 1. The van der Waals surface area contributed by atoms with E-state index >= 15 is 0 Å².